The van der Waals surface area contributed by atoms with Crippen molar-refractivity contribution in [3.8, 4) is 5.75 Å². The molecule has 0 amide bonds. The summed E-state index contributed by atoms with van der Waals surface area (Å²) in [4.78, 5) is 2.40. The Bertz CT molecular complexity index is 347. The van der Waals surface area contributed by atoms with Crippen LogP contribution in [0.25, 0.3) is 0 Å². The number of anilines is 1. The number of hydrogen-bond donors (Lipinski definition) is 1. The van der Waals surface area contributed by atoms with Crippen LogP contribution in [0, 0.1) is 5.92 Å². The fourth-order valence-corrected chi connectivity index (χ4v) is 2.00. The van der Waals surface area contributed by atoms with Gasteiger partial charge in [0.1, 0.15) is 5.75 Å². The second kappa shape index (κ2) is 12.5. The Labute approximate surface area is 131 Å². The van der Waals surface area contributed by atoms with Gasteiger partial charge in [-0.3, -0.25) is 0 Å². The van der Waals surface area contributed by atoms with Crippen molar-refractivity contribution in [2.75, 3.05) is 37.7 Å². The van der Waals surface area contributed by atoms with Gasteiger partial charge in [0.2, 0.25) is 0 Å². The third-order valence-electron chi connectivity index (χ3n) is 2.90. The van der Waals surface area contributed by atoms with Crippen molar-refractivity contribution in [3.63, 3.8) is 0 Å². The minimum Gasteiger partial charge on any atom is -0.491 e. The predicted molar refractivity (Wildman–Crippen MR) is 94.6 cm³/mol. The molecule has 2 rings (SSSR count). The van der Waals surface area contributed by atoms with Gasteiger partial charge in [0.25, 0.3) is 0 Å². The van der Waals surface area contributed by atoms with Crippen molar-refractivity contribution < 1.29 is 4.74 Å². The van der Waals surface area contributed by atoms with E-state index in [-0.39, 0.29) is 0 Å². The Hall–Kier alpha value is -1.22. The molecule has 3 nitrogen and oxygen atoms in total. The molecule has 0 spiro atoms. The van der Waals surface area contributed by atoms with Crippen LogP contribution < -0.4 is 15.0 Å². The monoisotopic (exact) mass is 294 g/mol. The van der Waals surface area contributed by atoms with E-state index in [9.17, 15) is 0 Å². The second-order valence-electron chi connectivity index (χ2n) is 4.91. The Kier molecular flexibility index (Phi) is 11.8. The van der Waals surface area contributed by atoms with Crippen LogP contribution in [0.5, 0.6) is 5.75 Å². The molecule has 122 valence electrons. The lowest BCUT2D eigenvalue weighted by molar-refractivity contribution is 0.271. The van der Waals surface area contributed by atoms with Gasteiger partial charge in [-0.15, -0.1) is 0 Å². The van der Waals surface area contributed by atoms with E-state index in [4.69, 9.17) is 4.74 Å². The fraction of sp³-hybridized carbons (Fsp3) is 0.667. The normalized spacial score (nSPS) is 13.8. The van der Waals surface area contributed by atoms with Crippen molar-refractivity contribution in [1.29, 1.82) is 0 Å². The average Bonchev–Trinajstić information content (AvgIpc) is 2.58. The summed E-state index contributed by atoms with van der Waals surface area (Å²) in [5.41, 5.74) is 1.23. The Morgan fingerprint density at radius 2 is 1.62 bits per heavy atom. The molecule has 0 atom stereocenters. The van der Waals surface area contributed by atoms with E-state index < -0.39 is 0 Å². The van der Waals surface area contributed by atoms with E-state index in [1.54, 1.807) is 0 Å². The maximum absolute atomic E-state index is 5.89. The molecule has 0 unspecified atom stereocenters. The highest BCUT2D eigenvalue weighted by molar-refractivity contribution is 5.58. The molecule has 1 saturated heterocycles. The number of hydrogen-bond acceptors (Lipinski definition) is 3. The third-order valence-corrected chi connectivity index (χ3v) is 2.90. The van der Waals surface area contributed by atoms with Gasteiger partial charge >= 0.3 is 0 Å². The molecule has 3 heteroatoms. The van der Waals surface area contributed by atoms with Crippen molar-refractivity contribution in [1.82, 2.24) is 5.32 Å². The maximum Gasteiger partial charge on any atom is 0.142 e. The molecular weight excluding hydrogens is 260 g/mol. The molecule has 1 aromatic rings. The summed E-state index contributed by atoms with van der Waals surface area (Å²) >= 11 is 0. The van der Waals surface area contributed by atoms with Crippen LogP contribution in [0.1, 0.15) is 41.5 Å². The summed E-state index contributed by atoms with van der Waals surface area (Å²) in [6.07, 6.45) is 0. The van der Waals surface area contributed by atoms with E-state index >= 15 is 0 Å². The van der Waals surface area contributed by atoms with E-state index in [1.807, 2.05) is 33.8 Å². The first-order valence-corrected chi connectivity index (χ1v) is 8.45. The van der Waals surface area contributed by atoms with E-state index in [0.717, 1.165) is 38.5 Å². The zero-order chi connectivity index (χ0) is 16.1. The minimum absolute atomic E-state index is 0.561. The summed E-state index contributed by atoms with van der Waals surface area (Å²) in [7, 11) is 0. The van der Waals surface area contributed by atoms with Gasteiger partial charge in [0.15, 0.2) is 0 Å². The number of nitrogens with zero attached hydrogens (tertiary/aromatic N) is 1. The van der Waals surface area contributed by atoms with Gasteiger partial charge in [-0.25, -0.2) is 0 Å². The summed E-state index contributed by atoms with van der Waals surface area (Å²) in [5, 5.41) is 3.37. The molecule has 21 heavy (non-hydrogen) atoms. The molecule has 1 N–H and O–H groups in total. The van der Waals surface area contributed by atoms with Crippen LogP contribution in [0.4, 0.5) is 5.69 Å². The van der Waals surface area contributed by atoms with Crippen molar-refractivity contribution in [2.45, 2.75) is 41.5 Å². The fourth-order valence-electron chi connectivity index (χ4n) is 2.00. The van der Waals surface area contributed by atoms with Crippen LogP contribution in [0.15, 0.2) is 24.3 Å². The van der Waals surface area contributed by atoms with Gasteiger partial charge in [0, 0.05) is 26.2 Å². The van der Waals surface area contributed by atoms with Crippen molar-refractivity contribution in [2.24, 2.45) is 5.92 Å². The molecule has 0 saturated carbocycles. The standard InChI is InChI=1S/C14H22N2O.2C2H6/c1-12(2)11-17-14-6-4-3-5-13(14)16-9-7-15-8-10-16;2*1-2/h3-6,12,15H,7-11H2,1-2H3;2*1-2H3. The largest absolute Gasteiger partial charge is 0.491 e. The molecular formula is C18H34N2O. The highest BCUT2D eigenvalue weighted by atomic mass is 16.5. The lowest BCUT2D eigenvalue weighted by atomic mass is 10.2. The number of rotatable bonds is 4. The molecule has 1 aliphatic rings. The summed E-state index contributed by atoms with van der Waals surface area (Å²) in [5.74, 6) is 1.58. The zero-order valence-electron chi connectivity index (χ0n) is 14.8. The highest BCUT2D eigenvalue weighted by Gasteiger charge is 2.14. The number of piperazine rings is 1. The molecule has 1 aliphatic heterocycles. The maximum atomic E-state index is 5.89. The van der Waals surface area contributed by atoms with Gasteiger partial charge in [-0.2, -0.15) is 0 Å². The summed E-state index contributed by atoms with van der Waals surface area (Å²) in [6, 6.07) is 8.35. The van der Waals surface area contributed by atoms with E-state index in [2.05, 4.69) is 42.3 Å². The SMILES string of the molecule is CC.CC.CC(C)COc1ccccc1N1CCNCC1. The summed E-state index contributed by atoms with van der Waals surface area (Å²) < 4.78 is 5.89. The molecule has 0 bridgehead atoms. The van der Waals surface area contributed by atoms with Crippen molar-refractivity contribution in [3.05, 3.63) is 24.3 Å². The van der Waals surface area contributed by atoms with Crippen LogP contribution in [0.3, 0.4) is 0 Å². The van der Waals surface area contributed by atoms with Crippen LogP contribution in [0.2, 0.25) is 0 Å². The lowest BCUT2D eigenvalue weighted by Crippen LogP contribution is -2.43. The molecule has 1 fully saturated rings. The lowest BCUT2D eigenvalue weighted by Gasteiger charge is -2.30. The number of ether oxygens (including phenoxy) is 1. The first-order chi connectivity index (χ1) is 10.3. The van der Waals surface area contributed by atoms with Crippen LogP contribution >= 0.6 is 0 Å². The Morgan fingerprint density at radius 1 is 1.05 bits per heavy atom. The number of nitrogens with one attached hydrogen (secondary N) is 1. The molecule has 1 heterocycles. The van der Waals surface area contributed by atoms with E-state index in [0.29, 0.717) is 5.92 Å². The molecule has 0 radical (unpaired) electrons. The minimum atomic E-state index is 0.561. The van der Waals surface area contributed by atoms with Gasteiger partial charge in [-0.05, 0) is 18.1 Å². The molecule has 0 aromatic heterocycles. The molecule has 1 aromatic carbocycles. The zero-order valence-corrected chi connectivity index (χ0v) is 14.8. The Morgan fingerprint density at radius 3 is 2.19 bits per heavy atom. The first-order valence-electron chi connectivity index (χ1n) is 8.45. The number of para-hydroxylation sites is 2. The first kappa shape index (κ1) is 19.8. The third kappa shape index (κ3) is 7.37. The second-order valence-corrected chi connectivity index (χ2v) is 4.91. The van der Waals surface area contributed by atoms with Gasteiger partial charge < -0.3 is 15.0 Å². The van der Waals surface area contributed by atoms with Crippen molar-refractivity contribution >= 4 is 5.69 Å². The topological polar surface area (TPSA) is 24.5 Å². The van der Waals surface area contributed by atoms with Gasteiger partial charge in [0.05, 0.1) is 12.3 Å². The smallest absolute Gasteiger partial charge is 0.142 e. The van der Waals surface area contributed by atoms with Gasteiger partial charge in [-0.1, -0.05) is 53.7 Å². The highest BCUT2D eigenvalue weighted by Crippen LogP contribution is 2.28. The Balaban J connectivity index is 0.000000921. The summed E-state index contributed by atoms with van der Waals surface area (Å²) in [6.45, 7) is 17.4. The quantitative estimate of drug-likeness (QED) is 0.901. The molecule has 0 aliphatic carbocycles. The average molecular weight is 294 g/mol. The predicted octanol–water partition coefficient (Wildman–Crippen LogP) is 4.18. The van der Waals surface area contributed by atoms with Crippen LogP contribution in [-0.4, -0.2) is 32.8 Å². The van der Waals surface area contributed by atoms with Crippen LogP contribution in [-0.2, 0) is 0 Å². The number of benzene rings is 1. The van der Waals surface area contributed by atoms with E-state index in [1.165, 1.54) is 5.69 Å².